The van der Waals surface area contributed by atoms with Crippen LogP contribution >= 0.6 is 23.2 Å². The van der Waals surface area contributed by atoms with Crippen molar-refractivity contribution in [1.29, 1.82) is 0 Å². The fourth-order valence-electron chi connectivity index (χ4n) is 9.16. The Morgan fingerprint density at radius 3 is 2.25 bits per heavy atom. The van der Waals surface area contributed by atoms with Crippen molar-refractivity contribution in [2.45, 2.75) is 30.5 Å². The van der Waals surface area contributed by atoms with Crippen LogP contribution in [0.25, 0.3) is 6.08 Å². The third-order valence-electron chi connectivity index (χ3n) is 11.5. The number of carbonyl (C=O) groups is 4. The van der Waals surface area contributed by atoms with Gasteiger partial charge in [-0.15, -0.1) is 13.2 Å². The first-order chi connectivity index (χ1) is 27.2. The van der Waals surface area contributed by atoms with Crippen LogP contribution in [0.3, 0.4) is 0 Å². The van der Waals surface area contributed by atoms with Crippen LogP contribution in [0.1, 0.15) is 35.4 Å². The van der Waals surface area contributed by atoms with E-state index in [0.29, 0.717) is 17.0 Å². The van der Waals surface area contributed by atoms with E-state index in [0.717, 1.165) is 33.7 Å². The zero-order valence-corrected chi connectivity index (χ0v) is 31.4. The van der Waals surface area contributed by atoms with Gasteiger partial charge in [-0.05, 0) is 90.6 Å². The highest BCUT2D eigenvalue weighted by Gasteiger charge is 2.70. The van der Waals surface area contributed by atoms with Crippen LogP contribution < -0.4 is 19.8 Å². The topological polar surface area (TPSA) is 125 Å². The quantitative estimate of drug-likeness (QED) is 0.134. The predicted molar refractivity (Wildman–Crippen MR) is 204 cm³/mol. The molecule has 6 atom stereocenters. The number of rotatable bonds is 8. The summed E-state index contributed by atoms with van der Waals surface area (Å²) in [6.45, 7) is 3.75. The van der Waals surface area contributed by atoms with Gasteiger partial charge >= 0.3 is 6.36 Å². The van der Waals surface area contributed by atoms with Crippen LogP contribution in [0, 0.1) is 23.7 Å². The zero-order chi connectivity index (χ0) is 40.6. The number of nitrogens with one attached hydrogen (secondary N) is 1. The molecule has 4 aromatic rings. The molecule has 2 N–H and O–H groups in total. The van der Waals surface area contributed by atoms with E-state index in [4.69, 9.17) is 27.9 Å². The Morgan fingerprint density at radius 1 is 0.895 bits per heavy atom. The molecule has 0 bridgehead atoms. The van der Waals surface area contributed by atoms with Crippen LogP contribution in [0.15, 0.2) is 103 Å². The van der Waals surface area contributed by atoms with Crippen molar-refractivity contribution >= 4 is 64.3 Å². The Balaban J connectivity index is 1.35. The molecule has 0 aromatic heterocycles. The summed E-state index contributed by atoms with van der Waals surface area (Å²) in [4.78, 5) is 60.1. The van der Waals surface area contributed by atoms with Crippen molar-refractivity contribution in [2.24, 2.45) is 23.7 Å². The van der Waals surface area contributed by atoms with Gasteiger partial charge in [0.2, 0.25) is 11.8 Å². The average Bonchev–Trinajstić information content (AvgIpc) is 3.56. The molecular formula is C42H32Cl2F3N3O7. The third-order valence-corrected chi connectivity index (χ3v) is 12.1. The molecular weight excluding hydrogens is 786 g/mol. The first-order valence-electron chi connectivity index (χ1n) is 17.8. The Bertz CT molecular complexity index is 2390. The smallest absolute Gasteiger partial charge is 0.508 e. The number of amides is 4. The van der Waals surface area contributed by atoms with Gasteiger partial charge in [0.15, 0.2) is 0 Å². The number of aromatic hydroxyl groups is 1. The number of anilines is 2. The lowest BCUT2D eigenvalue weighted by Gasteiger charge is -2.50. The van der Waals surface area contributed by atoms with E-state index < -0.39 is 76.5 Å². The van der Waals surface area contributed by atoms with Crippen molar-refractivity contribution in [3.8, 4) is 17.2 Å². The summed E-state index contributed by atoms with van der Waals surface area (Å²) in [5, 5.41) is 12.8. The van der Waals surface area contributed by atoms with E-state index in [2.05, 4.69) is 16.7 Å². The van der Waals surface area contributed by atoms with Gasteiger partial charge in [-0.3, -0.25) is 29.5 Å². The second kappa shape index (κ2) is 14.0. The van der Waals surface area contributed by atoms with Crippen LogP contribution in [-0.2, 0) is 24.6 Å². The summed E-state index contributed by atoms with van der Waals surface area (Å²) in [5.74, 6) is -8.67. The number of hydrazine groups is 1. The van der Waals surface area contributed by atoms with Crippen molar-refractivity contribution in [2.75, 3.05) is 17.4 Å². The third kappa shape index (κ3) is 6.11. The highest BCUT2D eigenvalue weighted by Crippen LogP contribution is 2.65. The molecule has 2 heterocycles. The number of allylic oxidation sites excluding steroid dienone is 2. The van der Waals surface area contributed by atoms with Crippen LogP contribution in [0.2, 0.25) is 10.0 Å². The summed E-state index contributed by atoms with van der Waals surface area (Å²) < 4.78 is 50.7. The van der Waals surface area contributed by atoms with E-state index in [-0.39, 0.29) is 39.7 Å². The van der Waals surface area contributed by atoms with E-state index >= 15 is 4.79 Å². The summed E-state index contributed by atoms with van der Waals surface area (Å²) in [6, 6.07) is 20.3. The molecule has 4 amide bonds. The van der Waals surface area contributed by atoms with Gasteiger partial charge in [-0.1, -0.05) is 71.8 Å². The molecule has 2 aliphatic carbocycles. The van der Waals surface area contributed by atoms with Gasteiger partial charge in [0.25, 0.3) is 11.8 Å². The molecule has 0 unspecified atom stereocenters. The minimum absolute atomic E-state index is 0.0339. The number of nitrogens with zero attached hydrogens (tertiary/aromatic N) is 2. The number of hydrogen-bond acceptors (Lipinski definition) is 8. The van der Waals surface area contributed by atoms with Crippen molar-refractivity contribution in [1.82, 2.24) is 5.01 Å². The first kappa shape index (κ1) is 38.1. The van der Waals surface area contributed by atoms with Crippen LogP contribution in [-0.4, -0.2) is 47.2 Å². The number of ether oxygens (including phenoxy) is 2. The van der Waals surface area contributed by atoms with Crippen molar-refractivity contribution < 1.29 is 46.9 Å². The predicted octanol–water partition coefficient (Wildman–Crippen LogP) is 8.44. The first-order valence-corrected chi connectivity index (χ1v) is 18.6. The molecule has 292 valence electrons. The minimum atomic E-state index is -5.11. The van der Waals surface area contributed by atoms with E-state index in [1.54, 1.807) is 60.7 Å². The van der Waals surface area contributed by atoms with Gasteiger partial charge in [-0.2, -0.15) is 5.01 Å². The molecule has 3 fully saturated rings. The second-order valence-electron chi connectivity index (χ2n) is 14.3. The minimum Gasteiger partial charge on any atom is -0.508 e. The summed E-state index contributed by atoms with van der Waals surface area (Å²) in [5.41, 5.74) is 2.69. The monoisotopic (exact) mass is 817 g/mol. The molecule has 4 aliphatic rings. The maximum atomic E-state index is 15.4. The lowest BCUT2D eigenvalue weighted by atomic mass is 9.49. The fraction of sp³-hybridized carbons (Fsp3) is 0.238. The van der Waals surface area contributed by atoms with Gasteiger partial charge in [-0.25, -0.2) is 0 Å². The Kier molecular flexibility index (Phi) is 9.35. The van der Waals surface area contributed by atoms with Gasteiger partial charge in [0.05, 0.1) is 46.7 Å². The van der Waals surface area contributed by atoms with E-state index in [1.165, 1.54) is 25.3 Å². The number of benzene rings is 4. The maximum absolute atomic E-state index is 15.4. The lowest BCUT2D eigenvalue weighted by molar-refractivity contribution is -0.274. The molecule has 0 spiro atoms. The number of hydrogen-bond donors (Lipinski definition) is 2. The van der Waals surface area contributed by atoms with Gasteiger partial charge < -0.3 is 14.6 Å². The number of fused-ring (bicyclic) bond motifs is 4. The van der Waals surface area contributed by atoms with Gasteiger partial charge in [0, 0.05) is 16.5 Å². The molecule has 10 nitrogen and oxygen atoms in total. The molecule has 4 aromatic carbocycles. The highest BCUT2D eigenvalue weighted by molar-refractivity contribution is 6.36. The number of methoxy groups -OCH3 is 1. The molecule has 1 saturated carbocycles. The number of carbonyl (C=O) groups excluding carboxylic acids is 4. The number of phenolic OH excluding ortho intramolecular Hbond substituents is 1. The molecule has 2 aliphatic heterocycles. The summed E-state index contributed by atoms with van der Waals surface area (Å²) >= 11 is 12.6. The molecule has 15 heteroatoms. The standard InChI is InChI=1S/C42H32Cl2F3N3O7/c1-3-21-4-9-24(10-5-21)49-37(52)28-15-14-27-29(35(28)39(49)54)20-31-38(53)50(48-33-16-8-23(43)18-32(33)44)40(55)41(31,22-6-11-25(56-2)12-7-22)36(27)30-19-26(13-17-34(30)51)57-42(45,46)47/h3-14,16-19,28-29,31,35-36,48,51H,1,15,20H2,2H3/t28-,29+,31-,35-,36+,41+/m0/s1. The molecule has 8 rings (SSSR count). The molecule has 57 heavy (non-hydrogen) atoms. The SMILES string of the molecule is C=Cc1ccc(N2C(=O)[C@H]3[C@H](CC=C4[C@H]3C[C@H]3C(=O)N(Nc5ccc(Cl)cc5Cl)C(=O)[C@@]3(c3ccc(OC)cc3)[C@H]4c3cc(OC(F)(F)F)ccc3O)C2=O)cc1. The number of alkyl halides is 3. The maximum Gasteiger partial charge on any atom is 0.573 e. The number of imide groups is 2. The van der Waals surface area contributed by atoms with Gasteiger partial charge in [0.1, 0.15) is 17.2 Å². The largest absolute Gasteiger partial charge is 0.573 e. The van der Waals surface area contributed by atoms with E-state index in [1.807, 2.05) is 0 Å². The van der Waals surface area contributed by atoms with E-state index in [9.17, 15) is 32.7 Å². The summed E-state index contributed by atoms with van der Waals surface area (Å²) in [6.07, 6.45) is -1.86. The number of phenols is 1. The van der Waals surface area contributed by atoms with Crippen LogP contribution in [0.5, 0.6) is 17.2 Å². The average molecular weight is 819 g/mol. The van der Waals surface area contributed by atoms with Crippen LogP contribution in [0.4, 0.5) is 24.5 Å². The molecule has 0 radical (unpaired) electrons. The normalized spacial score (nSPS) is 25.4. The Hall–Kier alpha value is -5.79. The summed E-state index contributed by atoms with van der Waals surface area (Å²) in [7, 11) is 1.44. The lowest BCUT2D eigenvalue weighted by Crippen LogP contribution is -2.53. The second-order valence-corrected chi connectivity index (χ2v) is 15.1. The Morgan fingerprint density at radius 2 is 1.60 bits per heavy atom. The van der Waals surface area contributed by atoms with Crippen molar-refractivity contribution in [3.05, 3.63) is 130 Å². The zero-order valence-electron chi connectivity index (χ0n) is 29.9. The Labute approximate surface area is 334 Å². The molecule has 2 saturated heterocycles. The number of halogens is 5. The van der Waals surface area contributed by atoms with Crippen molar-refractivity contribution in [3.63, 3.8) is 0 Å². The highest BCUT2D eigenvalue weighted by atomic mass is 35.5. The fourth-order valence-corrected chi connectivity index (χ4v) is 9.61.